The van der Waals surface area contributed by atoms with Gasteiger partial charge in [0.25, 0.3) is 15.6 Å². The second kappa shape index (κ2) is 5.97. The topological polar surface area (TPSA) is 87.5 Å². The van der Waals surface area contributed by atoms with Crippen LogP contribution < -0.4 is 15.0 Å². The Morgan fingerprint density at radius 1 is 1.00 bits per heavy atom. The van der Waals surface area contributed by atoms with E-state index in [4.69, 9.17) is 9.47 Å². The molecule has 2 aromatic carbocycles. The molecule has 3 rings (SSSR count). The maximum absolute atomic E-state index is 12.8. The van der Waals surface area contributed by atoms with E-state index in [0.29, 0.717) is 15.2 Å². The summed E-state index contributed by atoms with van der Waals surface area (Å²) in [5, 5.41) is 4.64. The van der Waals surface area contributed by atoms with Crippen molar-refractivity contribution in [1.82, 2.24) is 9.19 Å². The van der Waals surface area contributed by atoms with Gasteiger partial charge in [-0.2, -0.15) is 13.5 Å². The third-order valence-corrected chi connectivity index (χ3v) is 5.11. The highest BCUT2D eigenvalue weighted by molar-refractivity contribution is 7.89. The predicted octanol–water partition coefficient (Wildman–Crippen LogP) is 1.65. The first kappa shape index (κ1) is 16.0. The van der Waals surface area contributed by atoms with Crippen LogP contribution in [0.15, 0.2) is 58.4 Å². The van der Waals surface area contributed by atoms with Crippen LogP contribution in [0.4, 0.5) is 0 Å². The lowest BCUT2D eigenvalue weighted by Gasteiger charge is -2.11. The number of methoxy groups -OCH3 is 2. The number of ether oxygens (including phenoxy) is 2. The van der Waals surface area contributed by atoms with Crippen molar-refractivity contribution in [2.45, 2.75) is 4.90 Å². The smallest absolute Gasteiger partial charge is 0.289 e. The van der Waals surface area contributed by atoms with Gasteiger partial charge in [0.15, 0.2) is 11.5 Å². The van der Waals surface area contributed by atoms with Gasteiger partial charge in [-0.25, -0.2) is 0 Å². The van der Waals surface area contributed by atoms with E-state index >= 15 is 0 Å². The average Bonchev–Trinajstić information content (AvgIpc) is 2.61. The highest BCUT2D eigenvalue weighted by Gasteiger charge is 2.22. The molecule has 0 atom stereocenters. The quantitative estimate of drug-likeness (QED) is 0.714. The van der Waals surface area contributed by atoms with E-state index in [-0.39, 0.29) is 16.0 Å². The fourth-order valence-corrected chi connectivity index (χ4v) is 3.51. The zero-order valence-corrected chi connectivity index (χ0v) is 13.8. The van der Waals surface area contributed by atoms with Crippen LogP contribution in [0.3, 0.4) is 0 Å². The van der Waals surface area contributed by atoms with Crippen molar-refractivity contribution in [3.8, 4) is 11.5 Å². The number of fused-ring (bicyclic) bond motifs is 1. The number of hydrogen-bond donors (Lipinski definition) is 0. The van der Waals surface area contributed by atoms with Gasteiger partial charge < -0.3 is 9.47 Å². The molecule has 0 aliphatic carbocycles. The van der Waals surface area contributed by atoms with Gasteiger partial charge in [0.1, 0.15) is 0 Å². The van der Waals surface area contributed by atoms with Crippen LogP contribution in [-0.2, 0) is 10.0 Å². The summed E-state index contributed by atoms with van der Waals surface area (Å²) >= 11 is 0. The molecule has 0 amide bonds. The Morgan fingerprint density at radius 3 is 2.42 bits per heavy atom. The summed E-state index contributed by atoms with van der Waals surface area (Å²) in [4.78, 5) is 12.4. The summed E-state index contributed by atoms with van der Waals surface area (Å²) in [5.41, 5.74) is -0.706. The molecular weight excluding hydrogens is 332 g/mol. The predicted molar refractivity (Wildman–Crippen MR) is 88.1 cm³/mol. The minimum atomic E-state index is -4.16. The summed E-state index contributed by atoms with van der Waals surface area (Å²) in [6, 6.07) is 10.7. The molecular formula is C16H14N2O5S. The van der Waals surface area contributed by atoms with E-state index in [9.17, 15) is 13.2 Å². The molecule has 24 heavy (non-hydrogen) atoms. The Hall–Kier alpha value is -2.87. The Labute approximate surface area is 138 Å². The number of aromatic nitrogens is 2. The maximum Gasteiger partial charge on any atom is 0.289 e. The minimum Gasteiger partial charge on any atom is -0.493 e. The highest BCUT2D eigenvalue weighted by Crippen LogP contribution is 2.29. The Morgan fingerprint density at radius 2 is 1.71 bits per heavy atom. The van der Waals surface area contributed by atoms with Crippen LogP contribution in [0.5, 0.6) is 11.5 Å². The first-order chi connectivity index (χ1) is 11.5. The van der Waals surface area contributed by atoms with Crippen molar-refractivity contribution in [2.75, 3.05) is 14.2 Å². The lowest BCUT2D eigenvalue weighted by atomic mass is 10.2. The van der Waals surface area contributed by atoms with Crippen LogP contribution in [0.25, 0.3) is 10.8 Å². The zero-order valence-electron chi connectivity index (χ0n) is 13.0. The van der Waals surface area contributed by atoms with Crippen LogP contribution in [0.2, 0.25) is 0 Å². The minimum absolute atomic E-state index is 0.120. The molecule has 0 radical (unpaired) electrons. The van der Waals surface area contributed by atoms with Gasteiger partial charge in [0.05, 0.1) is 30.7 Å². The monoisotopic (exact) mass is 346 g/mol. The molecule has 3 aromatic rings. The fraction of sp³-hybridized carbons (Fsp3) is 0.125. The molecule has 0 spiro atoms. The van der Waals surface area contributed by atoms with E-state index in [0.717, 1.165) is 0 Å². The van der Waals surface area contributed by atoms with Crippen molar-refractivity contribution in [3.63, 3.8) is 0 Å². The van der Waals surface area contributed by atoms with Gasteiger partial charge in [0, 0.05) is 11.5 Å². The molecule has 1 aromatic heterocycles. The normalized spacial score (nSPS) is 11.4. The number of nitrogens with zero attached hydrogens (tertiary/aromatic N) is 2. The first-order valence-corrected chi connectivity index (χ1v) is 8.37. The molecule has 0 aliphatic rings. The van der Waals surface area contributed by atoms with E-state index in [2.05, 4.69) is 5.10 Å². The Bertz CT molecular complexity index is 1070. The summed E-state index contributed by atoms with van der Waals surface area (Å²) in [6.07, 6.45) is 1.34. The number of rotatable bonds is 4. The number of benzene rings is 2. The molecule has 1 heterocycles. The standard InChI is InChI=1S/C16H14N2O5S/c1-22-14-8-7-12(9-15(14)23-2)24(20,21)18-16(19)13-6-4-3-5-11(13)10-17-18/h3-10H,1-2H3. The summed E-state index contributed by atoms with van der Waals surface area (Å²) < 4.78 is 36.2. The summed E-state index contributed by atoms with van der Waals surface area (Å²) in [7, 11) is -1.32. The second-order valence-electron chi connectivity index (χ2n) is 4.90. The molecule has 0 fully saturated rings. The molecule has 0 bridgehead atoms. The highest BCUT2D eigenvalue weighted by atomic mass is 32.2. The van der Waals surface area contributed by atoms with E-state index < -0.39 is 15.6 Å². The summed E-state index contributed by atoms with van der Waals surface area (Å²) in [5.74, 6) is 0.627. The molecule has 7 nitrogen and oxygen atoms in total. The van der Waals surface area contributed by atoms with Crippen LogP contribution in [0.1, 0.15) is 0 Å². The molecule has 0 unspecified atom stereocenters. The molecule has 0 saturated carbocycles. The van der Waals surface area contributed by atoms with Gasteiger partial charge >= 0.3 is 0 Å². The SMILES string of the molecule is COc1ccc(S(=O)(=O)n2ncc3ccccc3c2=O)cc1OC. The molecule has 0 saturated heterocycles. The number of hydrogen-bond acceptors (Lipinski definition) is 6. The molecule has 0 N–H and O–H groups in total. The summed E-state index contributed by atoms with van der Waals surface area (Å²) in [6.45, 7) is 0. The zero-order chi connectivity index (χ0) is 17.3. The van der Waals surface area contributed by atoms with Gasteiger partial charge in [-0.15, -0.1) is 4.09 Å². The Balaban J connectivity index is 2.22. The lowest BCUT2D eigenvalue weighted by molar-refractivity contribution is 0.354. The van der Waals surface area contributed by atoms with Crippen molar-refractivity contribution < 1.29 is 17.9 Å². The van der Waals surface area contributed by atoms with E-state index in [1.54, 1.807) is 24.3 Å². The average molecular weight is 346 g/mol. The van der Waals surface area contributed by atoms with Gasteiger partial charge in [-0.3, -0.25) is 4.79 Å². The third kappa shape index (κ3) is 2.50. The van der Waals surface area contributed by atoms with Gasteiger partial charge in [0.2, 0.25) is 0 Å². The van der Waals surface area contributed by atoms with Gasteiger partial charge in [-0.1, -0.05) is 18.2 Å². The third-order valence-electron chi connectivity index (χ3n) is 3.55. The van der Waals surface area contributed by atoms with Crippen LogP contribution >= 0.6 is 0 Å². The Kier molecular flexibility index (Phi) is 3.98. The van der Waals surface area contributed by atoms with Crippen molar-refractivity contribution >= 4 is 20.8 Å². The van der Waals surface area contributed by atoms with Gasteiger partial charge in [-0.05, 0) is 18.2 Å². The van der Waals surface area contributed by atoms with E-state index in [1.165, 1.54) is 38.6 Å². The fourth-order valence-electron chi connectivity index (χ4n) is 2.32. The molecule has 0 aliphatic heterocycles. The lowest BCUT2D eigenvalue weighted by Crippen LogP contribution is -2.29. The first-order valence-electron chi connectivity index (χ1n) is 6.93. The van der Waals surface area contributed by atoms with Crippen molar-refractivity contribution in [3.05, 3.63) is 59.0 Å². The molecule has 8 heteroatoms. The maximum atomic E-state index is 12.8. The molecule has 124 valence electrons. The van der Waals surface area contributed by atoms with E-state index in [1.807, 2.05) is 0 Å². The van der Waals surface area contributed by atoms with Crippen LogP contribution in [0, 0.1) is 0 Å². The van der Waals surface area contributed by atoms with Crippen molar-refractivity contribution in [2.24, 2.45) is 0 Å². The van der Waals surface area contributed by atoms with Crippen molar-refractivity contribution in [1.29, 1.82) is 0 Å². The largest absolute Gasteiger partial charge is 0.493 e. The second-order valence-corrected chi connectivity index (χ2v) is 6.67. The van der Waals surface area contributed by atoms with Crippen LogP contribution in [-0.4, -0.2) is 31.8 Å².